The van der Waals surface area contributed by atoms with Crippen LogP contribution in [0.5, 0.6) is 5.75 Å². The maximum Gasteiger partial charge on any atom is 0.389 e. The molecule has 0 saturated heterocycles. The number of thiophene rings is 1. The highest BCUT2D eigenvalue weighted by Gasteiger charge is 2.31. The number of alkyl halides is 3. The van der Waals surface area contributed by atoms with Crippen molar-refractivity contribution in [2.24, 2.45) is 0 Å². The minimum atomic E-state index is -4.19. The fourth-order valence-corrected chi connectivity index (χ4v) is 4.52. The molecule has 1 N–H and O–H groups in total. The lowest BCUT2D eigenvalue weighted by Gasteiger charge is -2.28. The first-order valence-corrected chi connectivity index (χ1v) is 12.4. The molecule has 0 spiro atoms. The van der Waals surface area contributed by atoms with E-state index in [4.69, 9.17) is 4.74 Å². The van der Waals surface area contributed by atoms with Crippen LogP contribution in [0.1, 0.15) is 73.1 Å². The van der Waals surface area contributed by atoms with E-state index >= 15 is 0 Å². The Labute approximate surface area is 194 Å². The van der Waals surface area contributed by atoms with Crippen LogP contribution >= 0.6 is 11.3 Å². The van der Waals surface area contributed by atoms with Crippen LogP contribution in [-0.4, -0.2) is 27.9 Å². The molecule has 0 aliphatic heterocycles. The first-order chi connectivity index (χ1) is 14.9. The van der Waals surface area contributed by atoms with Crippen molar-refractivity contribution in [2.45, 2.75) is 70.3 Å². The van der Waals surface area contributed by atoms with Crippen LogP contribution in [0, 0.1) is 0 Å². The summed E-state index contributed by atoms with van der Waals surface area (Å²) in [6.45, 7) is 7.54. The zero-order chi connectivity index (χ0) is 23.9. The molecule has 0 aliphatic carbocycles. The third kappa shape index (κ3) is 8.77. The highest BCUT2D eigenvalue weighted by atomic mass is 32.2. The largest absolute Gasteiger partial charge is 0.598 e. The second-order valence-electron chi connectivity index (χ2n) is 8.43. The van der Waals surface area contributed by atoms with Crippen molar-refractivity contribution in [1.82, 2.24) is 4.72 Å². The SMILES string of the molecule is CCc1ccc(C(=O)C[C@@H](N[S+]([O-])C(C)(C)C)c2ccc(OCCCC(F)(F)F)cc2)s1. The monoisotopic (exact) mass is 489 g/mol. The molecule has 9 heteroatoms. The average Bonchev–Trinajstić information content (AvgIpc) is 3.19. The topological polar surface area (TPSA) is 61.4 Å². The van der Waals surface area contributed by atoms with Crippen LogP contribution in [0.15, 0.2) is 36.4 Å². The summed E-state index contributed by atoms with van der Waals surface area (Å²) in [6.07, 6.45) is -4.20. The van der Waals surface area contributed by atoms with E-state index in [1.54, 1.807) is 24.3 Å². The average molecular weight is 490 g/mol. The zero-order valence-electron chi connectivity index (χ0n) is 18.8. The summed E-state index contributed by atoms with van der Waals surface area (Å²) < 4.78 is 57.4. The number of nitrogens with one attached hydrogen (secondary N) is 1. The molecule has 1 aromatic heterocycles. The van der Waals surface area contributed by atoms with Gasteiger partial charge in [-0.25, -0.2) is 0 Å². The number of ketones is 1. The molecule has 1 unspecified atom stereocenters. The molecule has 32 heavy (non-hydrogen) atoms. The highest BCUT2D eigenvalue weighted by Crippen LogP contribution is 2.28. The van der Waals surface area contributed by atoms with Crippen molar-refractivity contribution in [3.8, 4) is 5.75 Å². The van der Waals surface area contributed by atoms with E-state index in [0.29, 0.717) is 10.6 Å². The van der Waals surface area contributed by atoms with Crippen LogP contribution in [0.2, 0.25) is 0 Å². The molecule has 0 amide bonds. The lowest BCUT2D eigenvalue weighted by molar-refractivity contribution is -0.136. The predicted molar refractivity (Wildman–Crippen MR) is 124 cm³/mol. The van der Waals surface area contributed by atoms with Crippen LogP contribution < -0.4 is 9.46 Å². The molecule has 4 nitrogen and oxygen atoms in total. The molecule has 0 fully saturated rings. The van der Waals surface area contributed by atoms with E-state index in [1.165, 1.54) is 11.3 Å². The number of Topliss-reactive ketones (excluding diaryl/α,β-unsaturated/α-hetero) is 1. The molecule has 2 aromatic rings. The van der Waals surface area contributed by atoms with Crippen molar-refractivity contribution in [3.63, 3.8) is 0 Å². The fraction of sp³-hybridized carbons (Fsp3) is 0.522. The molecular weight excluding hydrogens is 459 g/mol. The molecule has 178 valence electrons. The molecule has 0 aliphatic rings. The Balaban J connectivity index is 2.09. The number of carbonyl (C=O) groups is 1. The molecule has 1 heterocycles. The van der Waals surface area contributed by atoms with Gasteiger partial charge < -0.3 is 9.29 Å². The van der Waals surface area contributed by atoms with Gasteiger partial charge in [-0.15, -0.1) is 16.1 Å². The first kappa shape index (κ1) is 26.7. The molecular formula is C23H30F3NO3S2. The minimum absolute atomic E-state index is 0.0365. The zero-order valence-corrected chi connectivity index (χ0v) is 20.4. The smallest absolute Gasteiger partial charge is 0.389 e. The van der Waals surface area contributed by atoms with Gasteiger partial charge in [0.2, 0.25) is 0 Å². The predicted octanol–water partition coefficient (Wildman–Crippen LogP) is 6.40. The van der Waals surface area contributed by atoms with Crippen LogP contribution in [0.4, 0.5) is 13.2 Å². The van der Waals surface area contributed by atoms with Crippen molar-refractivity contribution >= 4 is 28.5 Å². The number of rotatable bonds is 11. The molecule has 0 saturated carbocycles. The fourth-order valence-electron chi connectivity index (χ4n) is 2.80. The number of aryl methyl sites for hydroxylation is 1. The van der Waals surface area contributed by atoms with Gasteiger partial charge >= 0.3 is 6.18 Å². The maximum absolute atomic E-state index is 12.9. The Morgan fingerprint density at radius 1 is 1.16 bits per heavy atom. The number of carbonyl (C=O) groups excluding carboxylic acids is 1. The van der Waals surface area contributed by atoms with E-state index in [2.05, 4.69) is 4.72 Å². The van der Waals surface area contributed by atoms with Gasteiger partial charge in [0, 0.05) is 29.1 Å². The Morgan fingerprint density at radius 3 is 2.34 bits per heavy atom. The Bertz CT molecular complexity index is 861. The van der Waals surface area contributed by atoms with Crippen molar-refractivity contribution in [1.29, 1.82) is 0 Å². The summed E-state index contributed by atoms with van der Waals surface area (Å²) in [6, 6.07) is 10.1. The van der Waals surface area contributed by atoms with Gasteiger partial charge in [0.05, 0.1) is 17.5 Å². The van der Waals surface area contributed by atoms with Gasteiger partial charge in [-0.3, -0.25) is 4.79 Å². The Kier molecular flexibility index (Phi) is 9.63. The van der Waals surface area contributed by atoms with Gasteiger partial charge in [0.25, 0.3) is 0 Å². The second kappa shape index (κ2) is 11.5. The molecule has 0 bridgehead atoms. The summed E-state index contributed by atoms with van der Waals surface area (Å²) in [4.78, 5) is 14.7. The molecule has 0 radical (unpaired) electrons. The van der Waals surface area contributed by atoms with Gasteiger partial charge in [-0.1, -0.05) is 19.1 Å². The van der Waals surface area contributed by atoms with Crippen LogP contribution in [-0.2, 0) is 17.8 Å². The van der Waals surface area contributed by atoms with Crippen LogP contribution in [0.25, 0.3) is 0 Å². The lowest BCUT2D eigenvalue weighted by Crippen LogP contribution is -2.41. The first-order valence-electron chi connectivity index (χ1n) is 10.5. The van der Waals surface area contributed by atoms with E-state index in [-0.39, 0.29) is 25.2 Å². The van der Waals surface area contributed by atoms with Crippen LogP contribution in [0.3, 0.4) is 0 Å². The van der Waals surface area contributed by atoms with Gasteiger partial charge in [-0.2, -0.15) is 13.2 Å². The van der Waals surface area contributed by atoms with Gasteiger partial charge in [0.15, 0.2) is 5.78 Å². The third-order valence-electron chi connectivity index (χ3n) is 4.64. The van der Waals surface area contributed by atoms with Gasteiger partial charge in [-0.05, 0) is 63.4 Å². The summed E-state index contributed by atoms with van der Waals surface area (Å²) >= 11 is 0.0709. The highest BCUT2D eigenvalue weighted by molar-refractivity contribution is 7.90. The quantitative estimate of drug-likeness (QED) is 0.225. The standard InChI is InChI=1S/C23H30F3NO3S2/c1-5-18-11-12-21(31-18)20(28)15-19(27-32(29)22(2,3)4)16-7-9-17(10-8-16)30-14-6-13-23(24,25)26/h7-12,19,27H,5-6,13-15H2,1-4H3/t19-,32?/m1/s1. The van der Waals surface area contributed by atoms with E-state index in [9.17, 15) is 22.5 Å². The van der Waals surface area contributed by atoms with Crippen molar-refractivity contribution < 1.29 is 27.3 Å². The molecule has 2 atom stereocenters. The summed E-state index contributed by atoms with van der Waals surface area (Å²) in [7, 11) is 0. The Morgan fingerprint density at radius 2 is 1.81 bits per heavy atom. The van der Waals surface area contributed by atoms with E-state index in [1.807, 2.05) is 39.8 Å². The number of halogens is 3. The minimum Gasteiger partial charge on any atom is -0.598 e. The normalized spacial score (nSPS) is 14.2. The third-order valence-corrected chi connectivity index (χ3v) is 7.52. The number of hydrogen-bond acceptors (Lipinski definition) is 5. The number of benzene rings is 1. The molecule has 1 aromatic carbocycles. The number of hydrogen-bond donors (Lipinski definition) is 1. The lowest BCUT2D eigenvalue weighted by atomic mass is 10.0. The maximum atomic E-state index is 12.9. The molecule has 2 rings (SSSR count). The second-order valence-corrected chi connectivity index (χ2v) is 11.6. The summed E-state index contributed by atoms with van der Waals surface area (Å²) in [5.74, 6) is 0.411. The van der Waals surface area contributed by atoms with E-state index < -0.39 is 34.7 Å². The number of ether oxygens (including phenoxy) is 1. The summed E-state index contributed by atoms with van der Waals surface area (Å²) in [5, 5.41) is 0. The van der Waals surface area contributed by atoms with Crippen molar-refractivity contribution in [3.05, 3.63) is 51.7 Å². The van der Waals surface area contributed by atoms with Crippen molar-refractivity contribution in [2.75, 3.05) is 6.61 Å². The van der Waals surface area contributed by atoms with E-state index in [0.717, 1.165) is 16.9 Å². The summed E-state index contributed by atoms with van der Waals surface area (Å²) in [5.41, 5.74) is 0.755. The Hall–Kier alpha value is -1.55. The van der Waals surface area contributed by atoms with Gasteiger partial charge in [0.1, 0.15) is 10.5 Å².